The number of para-hydroxylation sites is 1. The van der Waals surface area contributed by atoms with E-state index in [0.29, 0.717) is 0 Å². The van der Waals surface area contributed by atoms with E-state index in [0.717, 1.165) is 21.8 Å². The molecular formula is C15H12N2S. The van der Waals surface area contributed by atoms with Gasteiger partial charge in [-0.25, -0.2) is 4.98 Å². The maximum absolute atomic E-state index is 6.02. The number of rotatable bonds is 2. The van der Waals surface area contributed by atoms with E-state index in [1.165, 1.54) is 5.56 Å². The van der Waals surface area contributed by atoms with E-state index in [1.54, 1.807) is 11.3 Å². The molecule has 0 saturated carbocycles. The fraction of sp³-hybridized carbons (Fsp3) is 0. The first-order valence-corrected chi connectivity index (χ1v) is 6.58. The summed E-state index contributed by atoms with van der Waals surface area (Å²) < 4.78 is 0. The summed E-state index contributed by atoms with van der Waals surface area (Å²) in [5, 5.41) is 0. The van der Waals surface area contributed by atoms with Crippen LogP contribution in [0.1, 0.15) is 0 Å². The predicted octanol–water partition coefficient (Wildman–Crippen LogP) is 4.06. The van der Waals surface area contributed by atoms with Gasteiger partial charge in [-0.3, -0.25) is 0 Å². The van der Waals surface area contributed by atoms with E-state index in [4.69, 9.17) is 5.73 Å². The lowest BCUT2D eigenvalue weighted by molar-refractivity contribution is 1.41. The second kappa shape index (κ2) is 4.63. The van der Waals surface area contributed by atoms with Crippen molar-refractivity contribution in [3.8, 4) is 21.7 Å². The number of nitrogen functional groups attached to an aromatic ring is 1. The van der Waals surface area contributed by atoms with Crippen LogP contribution in [0.15, 0.2) is 60.1 Å². The summed E-state index contributed by atoms with van der Waals surface area (Å²) in [4.78, 5) is 5.62. The van der Waals surface area contributed by atoms with Crippen LogP contribution in [0.3, 0.4) is 0 Å². The van der Waals surface area contributed by atoms with Gasteiger partial charge in [0.2, 0.25) is 0 Å². The molecule has 88 valence electrons. The molecule has 2 aromatic carbocycles. The highest BCUT2D eigenvalue weighted by Gasteiger charge is 2.12. The molecule has 3 rings (SSSR count). The third-order valence-corrected chi connectivity index (χ3v) is 3.69. The molecule has 0 aliphatic rings. The SMILES string of the molecule is Nc1ccccc1-c1ncsc1-c1ccccc1. The summed E-state index contributed by atoms with van der Waals surface area (Å²) >= 11 is 1.64. The Bertz CT molecular complexity index is 659. The molecule has 0 unspecified atom stereocenters. The summed E-state index contributed by atoms with van der Waals surface area (Å²) in [5.74, 6) is 0. The van der Waals surface area contributed by atoms with Gasteiger partial charge in [-0.15, -0.1) is 11.3 Å². The topological polar surface area (TPSA) is 38.9 Å². The van der Waals surface area contributed by atoms with Gasteiger partial charge in [-0.1, -0.05) is 48.5 Å². The summed E-state index contributed by atoms with van der Waals surface area (Å²) in [6.45, 7) is 0. The number of nitrogens with two attached hydrogens (primary N) is 1. The zero-order chi connectivity index (χ0) is 12.4. The van der Waals surface area contributed by atoms with Crippen LogP contribution in [0, 0.1) is 0 Å². The summed E-state index contributed by atoms with van der Waals surface area (Å²) in [6, 6.07) is 18.1. The number of hydrogen-bond donors (Lipinski definition) is 1. The van der Waals surface area contributed by atoms with Crippen molar-refractivity contribution in [3.05, 3.63) is 60.1 Å². The fourth-order valence-corrected chi connectivity index (χ4v) is 2.75. The molecule has 3 heteroatoms. The highest BCUT2D eigenvalue weighted by Crippen LogP contribution is 2.36. The van der Waals surface area contributed by atoms with Crippen LogP contribution < -0.4 is 5.73 Å². The number of anilines is 1. The van der Waals surface area contributed by atoms with E-state index in [2.05, 4.69) is 17.1 Å². The van der Waals surface area contributed by atoms with Crippen LogP contribution in [0.25, 0.3) is 21.7 Å². The predicted molar refractivity (Wildman–Crippen MR) is 77.4 cm³/mol. The minimum absolute atomic E-state index is 0.764. The van der Waals surface area contributed by atoms with Crippen LogP contribution in [-0.2, 0) is 0 Å². The molecule has 3 aromatic rings. The lowest BCUT2D eigenvalue weighted by atomic mass is 10.1. The van der Waals surface area contributed by atoms with Crippen molar-refractivity contribution in [3.63, 3.8) is 0 Å². The first kappa shape index (κ1) is 11.0. The maximum Gasteiger partial charge on any atom is 0.0911 e. The lowest BCUT2D eigenvalue weighted by Gasteiger charge is -2.05. The standard InChI is InChI=1S/C15H12N2S/c16-13-9-5-4-8-12(13)14-15(18-10-17-14)11-6-2-1-3-7-11/h1-10H,16H2. The zero-order valence-corrected chi connectivity index (χ0v) is 10.5. The van der Waals surface area contributed by atoms with E-state index in [9.17, 15) is 0 Å². The Morgan fingerprint density at radius 2 is 1.61 bits per heavy atom. The van der Waals surface area contributed by atoms with E-state index >= 15 is 0 Å². The monoisotopic (exact) mass is 252 g/mol. The third-order valence-electron chi connectivity index (χ3n) is 2.82. The molecule has 0 fully saturated rings. The van der Waals surface area contributed by atoms with Gasteiger partial charge in [0, 0.05) is 11.3 Å². The Balaban J connectivity index is 2.16. The molecule has 1 aromatic heterocycles. The zero-order valence-electron chi connectivity index (χ0n) is 9.71. The molecule has 0 amide bonds. The molecule has 0 aliphatic heterocycles. The van der Waals surface area contributed by atoms with Gasteiger partial charge in [0.25, 0.3) is 0 Å². The van der Waals surface area contributed by atoms with Gasteiger partial charge in [-0.05, 0) is 11.6 Å². The minimum Gasteiger partial charge on any atom is -0.398 e. The normalized spacial score (nSPS) is 10.4. The molecule has 1 heterocycles. The van der Waals surface area contributed by atoms with E-state index in [1.807, 2.05) is 48.0 Å². The smallest absolute Gasteiger partial charge is 0.0911 e. The first-order valence-electron chi connectivity index (χ1n) is 5.70. The van der Waals surface area contributed by atoms with Crippen molar-refractivity contribution in [1.82, 2.24) is 4.98 Å². The van der Waals surface area contributed by atoms with Crippen LogP contribution in [0.5, 0.6) is 0 Å². The van der Waals surface area contributed by atoms with Gasteiger partial charge >= 0.3 is 0 Å². The molecule has 2 N–H and O–H groups in total. The number of hydrogen-bond acceptors (Lipinski definition) is 3. The fourth-order valence-electron chi connectivity index (χ4n) is 1.95. The van der Waals surface area contributed by atoms with Crippen molar-refractivity contribution < 1.29 is 0 Å². The van der Waals surface area contributed by atoms with Crippen LogP contribution >= 0.6 is 11.3 Å². The second-order valence-corrected chi connectivity index (χ2v) is 4.84. The van der Waals surface area contributed by atoms with E-state index < -0.39 is 0 Å². The van der Waals surface area contributed by atoms with Crippen LogP contribution in [0.4, 0.5) is 5.69 Å². The molecule has 0 spiro atoms. The average molecular weight is 252 g/mol. The van der Waals surface area contributed by atoms with Crippen LogP contribution in [-0.4, -0.2) is 4.98 Å². The van der Waals surface area contributed by atoms with Gasteiger partial charge in [0.15, 0.2) is 0 Å². The number of benzene rings is 2. The molecule has 0 saturated heterocycles. The van der Waals surface area contributed by atoms with Crippen LogP contribution in [0.2, 0.25) is 0 Å². The minimum atomic E-state index is 0.764. The molecule has 0 aliphatic carbocycles. The average Bonchev–Trinajstić information content (AvgIpc) is 2.89. The highest BCUT2D eigenvalue weighted by molar-refractivity contribution is 7.13. The Labute approximate surface area is 110 Å². The summed E-state index contributed by atoms with van der Waals surface area (Å²) in [5.41, 5.74) is 11.8. The first-order chi connectivity index (χ1) is 8.86. The van der Waals surface area contributed by atoms with Gasteiger partial charge in [-0.2, -0.15) is 0 Å². The lowest BCUT2D eigenvalue weighted by Crippen LogP contribution is -1.90. The van der Waals surface area contributed by atoms with Crippen molar-refractivity contribution >= 4 is 17.0 Å². The second-order valence-electron chi connectivity index (χ2n) is 3.98. The Hall–Kier alpha value is -2.13. The van der Waals surface area contributed by atoms with Gasteiger partial charge in [0.05, 0.1) is 16.1 Å². The number of aromatic nitrogens is 1. The largest absolute Gasteiger partial charge is 0.398 e. The molecule has 2 nitrogen and oxygen atoms in total. The summed E-state index contributed by atoms with van der Waals surface area (Å²) in [7, 11) is 0. The quantitative estimate of drug-likeness (QED) is 0.698. The summed E-state index contributed by atoms with van der Waals surface area (Å²) in [6.07, 6.45) is 0. The van der Waals surface area contributed by atoms with Crippen molar-refractivity contribution in [1.29, 1.82) is 0 Å². The highest BCUT2D eigenvalue weighted by atomic mass is 32.1. The molecular weight excluding hydrogens is 240 g/mol. The Morgan fingerprint density at radius 1 is 0.889 bits per heavy atom. The van der Waals surface area contributed by atoms with E-state index in [-0.39, 0.29) is 0 Å². The Morgan fingerprint density at radius 3 is 2.39 bits per heavy atom. The van der Waals surface area contributed by atoms with Crippen molar-refractivity contribution in [2.24, 2.45) is 0 Å². The number of nitrogens with zero attached hydrogens (tertiary/aromatic N) is 1. The van der Waals surface area contributed by atoms with Gasteiger partial charge in [0.1, 0.15) is 0 Å². The van der Waals surface area contributed by atoms with Crippen molar-refractivity contribution in [2.75, 3.05) is 5.73 Å². The molecule has 0 bridgehead atoms. The molecule has 0 atom stereocenters. The molecule has 0 radical (unpaired) electrons. The Kier molecular flexibility index (Phi) is 2.82. The third kappa shape index (κ3) is 1.89. The number of thiazole rings is 1. The molecule has 18 heavy (non-hydrogen) atoms. The van der Waals surface area contributed by atoms with Gasteiger partial charge < -0.3 is 5.73 Å². The van der Waals surface area contributed by atoms with Crippen molar-refractivity contribution in [2.45, 2.75) is 0 Å². The maximum atomic E-state index is 6.02.